The van der Waals surface area contributed by atoms with E-state index < -0.39 is 45.8 Å². The van der Waals surface area contributed by atoms with Gasteiger partial charge in [-0.05, 0) is 30.3 Å². The molecule has 10 nitrogen and oxygen atoms in total. The minimum atomic E-state index is -4.76. The van der Waals surface area contributed by atoms with Crippen molar-refractivity contribution < 1.29 is 44.4 Å². The summed E-state index contributed by atoms with van der Waals surface area (Å²) in [6.07, 6.45) is -9.35. The number of nitrogens with two attached hydrogens (primary N) is 1. The molecular weight excluding hydrogens is 603 g/mol. The van der Waals surface area contributed by atoms with E-state index in [0.717, 1.165) is 24.3 Å². The molecule has 0 atom stereocenters. The summed E-state index contributed by atoms with van der Waals surface area (Å²) in [5, 5.41) is 30.0. The van der Waals surface area contributed by atoms with E-state index in [1.54, 1.807) is 0 Å². The number of alkyl halides is 9. The zero-order valence-electron chi connectivity index (χ0n) is 20.9. The van der Waals surface area contributed by atoms with Crippen LogP contribution in [0.2, 0.25) is 0 Å². The summed E-state index contributed by atoms with van der Waals surface area (Å²) in [7, 11) is 0. The molecule has 6 rings (SSSR count). The number of benzene rings is 3. The molecule has 0 bridgehead atoms. The summed E-state index contributed by atoms with van der Waals surface area (Å²) in [4.78, 5) is 9.45. The lowest BCUT2D eigenvalue weighted by Crippen LogP contribution is -2.08. The Bertz CT molecular complexity index is 1900. The van der Waals surface area contributed by atoms with Gasteiger partial charge in [0, 0.05) is 27.9 Å². The number of nitro groups is 1. The minimum absolute atomic E-state index is 0.109. The Kier molecular flexibility index (Phi) is 7.93. The maximum Gasteiger partial charge on any atom is 0.423 e. The van der Waals surface area contributed by atoms with Gasteiger partial charge in [0.2, 0.25) is 0 Å². The van der Waals surface area contributed by atoms with Crippen molar-refractivity contribution >= 4 is 44.1 Å². The molecule has 3 aromatic heterocycles. The Balaban J connectivity index is 0.000000148. The molecule has 0 fully saturated rings. The van der Waals surface area contributed by atoms with Gasteiger partial charge in [-0.3, -0.25) is 25.4 Å². The molecule has 0 unspecified atom stereocenters. The van der Waals surface area contributed by atoms with Gasteiger partial charge in [0.05, 0.1) is 51.2 Å². The van der Waals surface area contributed by atoms with Crippen LogP contribution in [0.3, 0.4) is 0 Å². The van der Waals surface area contributed by atoms with E-state index in [0.29, 0.717) is 27.9 Å². The third kappa shape index (κ3) is 6.93. The maximum absolute atomic E-state index is 12.5. The second-order valence-electron chi connectivity index (χ2n) is 8.65. The first kappa shape index (κ1) is 30.6. The number of rotatable bonds is 1. The smallest absolute Gasteiger partial charge is 0.398 e. The Morgan fingerprint density at radius 1 is 0.628 bits per heavy atom. The van der Waals surface area contributed by atoms with Gasteiger partial charge in [0.1, 0.15) is 5.56 Å². The number of halogens is 9. The molecule has 226 valence electrons. The molecule has 0 spiro atoms. The van der Waals surface area contributed by atoms with Crippen LogP contribution in [0.1, 0.15) is 16.7 Å². The van der Waals surface area contributed by atoms with Crippen molar-refractivity contribution in [1.29, 1.82) is 0 Å². The number of nitro benzene ring substituents is 1. The first-order valence-electron chi connectivity index (χ1n) is 11.4. The largest absolute Gasteiger partial charge is 0.423 e. The van der Waals surface area contributed by atoms with E-state index in [-0.39, 0.29) is 16.6 Å². The van der Waals surface area contributed by atoms with Crippen LogP contribution in [0.5, 0.6) is 0 Å². The fourth-order valence-electron chi connectivity index (χ4n) is 3.73. The van der Waals surface area contributed by atoms with Crippen LogP contribution in [-0.2, 0) is 18.5 Å². The van der Waals surface area contributed by atoms with Gasteiger partial charge in [-0.1, -0.05) is 6.07 Å². The van der Waals surface area contributed by atoms with Crippen molar-refractivity contribution in [3.8, 4) is 0 Å². The summed E-state index contributed by atoms with van der Waals surface area (Å²) >= 11 is 0. The van der Waals surface area contributed by atoms with Crippen LogP contribution in [0.15, 0.2) is 61.1 Å². The first-order chi connectivity index (χ1) is 19.9. The van der Waals surface area contributed by atoms with E-state index in [1.807, 2.05) is 0 Å². The van der Waals surface area contributed by atoms with Crippen molar-refractivity contribution in [2.45, 2.75) is 18.5 Å². The maximum atomic E-state index is 12.5. The van der Waals surface area contributed by atoms with Gasteiger partial charge in [-0.15, -0.1) is 0 Å². The number of nitrogen functional groups attached to an aromatic ring is 1. The van der Waals surface area contributed by atoms with Crippen LogP contribution in [-0.4, -0.2) is 35.5 Å². The van der Waals surface area contributed by atoms with E-state index in [9.17, 15) is 49.6 Å². The summed E-state index contributed by atoms with van der Waals surface area (Å²) in [6.45, 7) is 0. The Morgan fingerprint density at radius 2 is 1.09 bits per heavy atom. The molecule has 0 saturated heterocycles. The van der Waals surface area contributed by atoms with Crippen LogP contribution < -0.4 is 5.73 Å². The monoisotopic (exact) mass is 618 g/mol. The topological polar surface area (TPSA) is 155 Å². The highest BCUT2D eigenvalue weighted by Gasteiger charge is 2.39. The number of nitrogens with zero attached hydrogens (tertiary/aromatic N) is 4. The second kappa shape index (κ2) is 11.1. The van der Waals surface area contributed by atoms with Gasteiger partial charge < -0.3 is 5.73 Å². The van der Waals surface area contributed by atoms with Crippen molar-refractivity contribution in [3.05, 3.63) is 87.9 Å². The molecule has 0 aliphatic heterocycles. The summed E-state index contributed by atoms with van der Waals surface area (Å²) in [6, 6.07) is 7.21. The van der Waals surface area contributed by atoms with Crippen molar-refractivity contribution in [2.75, 3.05) is 5.73 Å². The quantitative estimate of drug-likeness (QED) is 0.0659. The number of anilines is 1. The summed E-state index contributed by atoms with van der Waals surface area (Å²) in [5.41, 5.74) is 2.06. The highest BCUT2D eigenvalue weighted by atomic mass is 19.4. The molecular formula is C24H15F9N8O2. The fourth-order valence-corrected chi connectivity index (χ4v) is 3.73. The van der Waals surface area contributed by atoms with Crippen molar-refractivity contribution in [2.24, 2.45) is 0 Å². The average molecular weight is 618 g/mol. The summed E-state index contributed by atoms with van der Waals surface area (Å²) < 4.78 is 111. The third-order valence-electron chi connectivity index (χ3n) is 5.74. The third-order valence-corrected chi connectivity index (χ3v) is 5.74. The van der Waals surface area contributed by atoms with E-state index >= 15 is 0 Å². The molecule has 5 N–H and O–H groups in total. The van der Waals surface area contributed by atoms with Gasteiger partial charge in [-0.25, -0.2) is 0 Å². The van der Waals surface area contributed by atoms with E-state index in [1.165, 1.54) is 30.7 Å². The SMILES string of the molecule is FC(F)(F)c1ccc2cn[nH]c2c1.Nc1cc2cn[nH]c2cc1C(F)(F)F.O=[N+]([O-])c1cc2cn[nH]c2cc1C(F)(F)F. The zero-order chi connectivity index (χ0) is 31.7. The van der Waals surface area contributed by atoms with E-state index in [2.05, 4.69) is 30.6 Å². The Morgan fingerprint density at radius 3 is 1.58 bits per heavy atom. The first-order valence-corrected chi connectivity index (χ1v) is 11.4. The second-order valence-corrected chi connectivity index (χ2v) is 8.65. The van der Waals surface area contributed by atoms with E-state index in [4.69, 9.17) is 5.73 Å². The number of nitrogens with one attached hydrogen (secondary N) is 3. The Labute approximate surface area is 231 Å². The highest BCUT2D eigenvalue weighted by Crippen LogP contribution is 2.38. The predicted molar refractivity (Wildman–Crippen MR) is 134 cm³/mol. The fraction of sp³-hybridized carbons (Fsp3) is 0.125. The molecule has 0 radical (unpaired) electrons. The molecule has 19 heteroatoms. The molecule has 3 heterocycles. The molecule has 0 aliphatic rings. The van der Waals surface area contributed by atoms with Gasteiger partial charge in [0.25, 0.3) is 5.69 Å². The minimum Gasteiger partial charge on any atom is -0.398 e. The Hall–Kier alpha value is -5.36. The number of H-pyrrole nitrogens is 3. The molecule has 0 saturated carbocycles. The average Bonchev–Trinajstić information content (AvgIpc) is 3.66. The number of hydrogen-bond acceptors (Lipinski definition) is 6. The van der Waals surface area contributed by atoms with Crippen LogP contribution >= 0.6 is 0 Å². The molecule has 43 heavy (non-hydrogen) atoms. The molecule has 6 aromatic rings. The summed E-state index contributed by atoms with van der Waals surface area (Å²) in [5.74, 6) is 0. The normalized spacial score (nSPS) is 12.1. The molecule has 3 aromatic carbocycles. The number of hydrogen-bond donors (Lipinski definition) is 4. The standard InChI is InChI=1S/C8H4F3N3O2.C8H6F3N3.C8H5F3N2/c9-8(10,11)5-2-6-4(3-12-13-6)1-7(5)14(15)16;9-8(10,11)5-2-7-4(1-6(5)12)3-13-14-7;9-8(10,11)6-2-1-5-4-12-13-7(5)3-6/h1-3H,(H,12,13);1-3H,12H2,(H,13,14);1-4H,(H,12,13). The van der Waals surface area contributed by atoms with Crippen molar-refractivity contribution in [3.63, 3.8) is 0 Å². The number of aromatic nitrogens is 6. The van der Waals surface area contributed by atoms with Gasteiger partial charge in [0.15, 0.2) is 0 Å². The van der Waals surface area contributed by atoms with Crippen molar-refractivity contribution in [1.82, 2.24) is 30.6 Å². The molecule has 0 amide bonds. The van der Waals surface area contributed by atoms with Gasteiger partial charge >= 0.3 is 18.5 Å². The van der Waals surface area contributed by atoms with Gasteiger partial charge in [-0.2, -0.15) is 54.8 Å². The lowest BCUT2D eigenvalue weighted by Gasteiger charge is -2.09. The zero-order valence-corrected chi connectivity index (χ0v) is 20.9. The molecule has 0 aliphatic carbocycles. The van der Waals surface area contributed by atoms with Crippen LogP contribution in [0.4, 0.5) is 50.9 Å². The van der Waals surface area contributed by atoms with Crippen LogP contribution in [0.25, 0.3) is 32.7 Å². The lowest BCUT2D eigenvalue weighted by atomic mass is 10.1. The van der Waals surface area contributed by atoms with Crippen LogP contribution in [0, 0.1) is 10.1 Å². The highest BCUT2D eigenvalue weighted by molar-refractivity contribution is 5.83. The number of fused-ring (bicyclic) bond motifs is 3. The lowest BCUT2D eigenvalue weighted by molar-refractivity contribution is -0.387. The predicted octanol–water partition coefficient (Wildman–Crippen LogP) is 7.24. The number of aromatic amines is 3.